The van der Waals surface area contributed by atoms with Gasteiger partial charge in [-0.05, 0) is 71.2 Å². The lowest BCUT2D eigenvalue weighted by atomic mass is 10.2. The first kappa shape index (κ1) is 24.3. The summed E-state index contributed by atoms with van der Waals surface area (Å²) in [6.07, 6.45) is -5.77. The van der Waals surface area contributed by atoms with Gasteiger partial charge in [-0.1, -0.05) is 46.9 Å². The Morgan fingerprint density at radius 1 is 1.03 bits per heavy atom. The number of anilines is 1. The second kappa shape index (κ2) is 9.86. The Hall–Kier alpha value is -1.01. The van der Waals surface area contributed by atoms with Gasteiger partial charge in [-0.25, -0.2) is 0 Å². The van der Waals surface area contributed by atoms with E-state index in [0.29, 0.717) is 5.56 Å². The number of thiocarbonyl (C=S) groups is 1. The zero-order valence-electron chi connectivity index (χ0n) is 14.2. The number of hydrogen-bond donors (Lipinski definition) is 3. The van der Waals surface area contributed by atoms with E-state index in [-0.39, 0.29) is 10.8 Å². The lowest BCUT2D eigenvalue weighted by molar-refractivity contribution is -0.137. The molecule has 0 aliphatic heterocycles. The van der Waals surface area contributed by atoms with Crippen LogP contribution in [0.5, 0.6) is 0 Å². The van der Waals surface area contributed by atoms with Crippen LogP contribution < -0.4 is 16.0 Å². The molecular weight excluding hydrogens is 585 g/mol. The molecule has 2 rings (SSSR count). The lowest BCUT2D eigenvalue weighted by Crippen LogP contribution is -2.56. The highest BCUT2D eigenvalue weighted by molar-refractivity contribution is 14.1. The number of halogens is 7. The minimum absolute atomic E-state index is 0.0735. The van der Waals surface area contributed by atoms with Crippen LogP contribution in [-0.2, 0) is 6.18 Å². The quantitative estimate of drug-likeness (QED) is 0.183. The van der Waals surface area contributed by atoms with Gasteiger partial charge in [0.1, 0.15) is 6.17 Å². The summed E-state index contributed by atoms with van der Waals surface area (Å²) >= 11 is 24.9. The molecule has 1 amide bonds. The predicted molar refractivity (Wildman–Crippen MR) is 122 cm³/mol. The van der Waals surface area contributed by atoms with Gasteiger partial charge in [-0.2, -0.15) is 13.2 Å². The van der Waals surface area contributed by atoms with Gasteiger partial charge in [0.25, 0.3) is 5.91 Å². The number of benzene rings is 2. The number of nitrogens with one attached hydrogen (secondary N) is 3. The number of rotatable bonds is 4. The van der Waals surface area contributed by atoms with Crippen molar-refractivity contribution in [3.8, 4) is 0 Å². The van der Waals surface area contributed by atoms with Crippen molar-refractivity contribution < 1.29 is 18.0 Å². The van der Waals surface area contributed by atoms with Crippen LogP contribution in [0.25, 0.3) is 0 Å². The van der Waals surface area contributed by atoms with Gasteiger partial charge in [-0.3, -0.25) is 4.79 Å². The predicted octanol–water partition coefficient (Wildman–Crippen LogP) is 5.72. The highest BCUT2D eigenvalue weighted by Crippen LogP contribution is 2.31. The molecule has 2 aromatic carbocycles. The van der Waals surface area contributed by atoms with Gasteiger partial charge in [0, 0.05) is 14.8 Å². The maximum absolute atomic E-state index is 12.8. The fourth-order valence-corrected chi connectivity index (χ4v) is 3.22. The lowest BCUT2D eigenvalue weighted by Gasteiger charge is -2.28. The number of alkyl halides is 6. The molecule has 156 valence electrons. The molecule has 29 heavy (non-hydrogen) atoms. The van der Waals surface area contributed by atoms with Gasteiger partial charge in [0.2, 0.25) is 3.79 Å². The molecule has 0 saturated heterocycles. The van der Waals surface area contributed by atoms with E-state index in [1.54, 1.807) is 24.3 Å². The summed E-state index contributed by atoms with van der Waals surface area (Å²) in [7, 11) is 0. The number of hydrogen-bond acceptors (Lipinski definition) is 2. The van der Waals surface area contributed by atoms with Crippen molar-refractivity contribution in [2.24, 2.45) is 0 Å². The minimum Gasteiger partial charge on any atom is -0.339 e. The third-order valence-corrected chi connectivity index (χ3v) is 4.96. The summed E-state index contributed by atoms with van der Waals surface area (Å²) in [6, 6.07) is 11.1. The molecule has 0 saturated carbocycles. The van der Waals surface area contributed by atoms with Crippen LogP contribution in [0.2, 0.25) is 0 Å². The summed E-state index contributed by atoms with van der Waals surface area (Å²) in [5, 5.41) is 7.51. The highest BCUT2D eigenvalue weighted by atomic mass is 127. The molecule has 0 radical (unpaired) electrons. The third-order valence-electron chi connectivity index (χ3n) is 3.41. The molecule has 0 spiro atoms. The van der Waals surface area contributed by atoms with Crippen molar-refractivity contribution in [1.82, 2.24) is 10.6 Å². The average molecular weight is 597 g/mol. The standard InChI is InChI=1S/C17H12Cl3F3IN3OS/c18-16(19,20)14(26-13(28)9-3-1-5-11(24)7-9)27-15(29)25-12-6-2-4-10(8-12)17(21,22)23/h1-8,14H,(H,26,28)(H2,25,27,29)/t14-/m0/s1. The molecule has 0 unspecified atom stereocenters. The van der Waals surface area contributed by atoms with E-state index in [9.17, 15) is 18.0 Å². The Bertz CT molecular complexity index is 909. The number of carbonyl (C=O) groups is 1. The topological polar surface area (TPSA) is 53.2 Å². The second-order valence-electron chi connectivity index (χ2n) is 5.64. The van der Waals surface area contributed by atoms with E-state index in [1.165, 1.54) is 12.1 Å². The van der Waals surface area contributed by atoms with Crippen LogP contribution >= 0.6 is 69.6 Å². The van der Waals surface area contributed by atoms with Crippen molar-refractivity contribution in [2.45, 2.75) is 16.1 Å². The summed E-state index contributed by atoms with van der Waals surface area (Å²) in [6.45, 7) is 0. The van der Waals surface area contributed by atoms with Gasteiger partial charge in [0.05, 0.1) is 5.56 Å². The molecular formula is C17H12Cl3F3IN3OS. The Balaban J connectivity index is 2.10. The molecule has 0 heterocycles. The average Bonchev–Trinajstić information content (AvgIpc) is 2.59. The molecule has 3 N–H and O–H groups in total. The van der Waals surface area contributed by atoms with Crippen LogP contribution in [0.3, 0.4) is 0 Å². The molecule has 4 nitrogen and oxygen atoms in total. The normalized spacial score (nSPS) is 12.8. The number of amides is 1. The van der Waals surface area contributed by atoms with Crippen molar-refractivity contribution in [3.05, 3.63) is 63.2 Å². The molecule has 0 bridgehead atoms. The van der Waals surface area contributed by atoms with Crippen LogP contribution in [-0.4, -0.2) is 21.0 Å². The van der Waals surface area contributed by atoms with E-state index >= 15 is 0 Å². The van der Waals surface area contributed by atoms with Gasteiger partial charge < -0.3 is 16.0 Å². The summed E-state index contributed by atoms with van der Waals surface area (Å²) in [5.41, 5.74) is -0.450. The van der Waals surface area contributed by atoms with Crippen molar-refractivity contribution in [3.63, 3.8) is 0 Å². The first-order valence-electron chi connectivity index (χ1n) is 7.74. The molecule has 2 aromatic rings. The fourth-order valence-electron chi connectivity index (χ4n) is 2.12. The molecule has 0 aromatic heterocycles. The van der Waals surface area contributed by atoms with Crippen molar-refractivity contribution >= 4 is 86.3 Å². The van der Waals surface area contributed by atoms with Crippen LogP contribution in [0, 0.1) is 3.57 Å². The van der Waals surface area contributed by atoms with Crippen LogP contribution in [0.1, 0.15) is 15.9 Å². The van der Waals surface area contributed by atoms with E-state index in [0.717, 1.165) is 15.7 Å². The van der Waals surface area contributed by atoms with E-state index in [1.807, 2.05) is 22.6 Å². The first-order valence-corrected chi connectivity index (χ1v) is 10.4. The molecule has 1 atom stereocenters. The van der Waals surface area contributed by atoms with Gasteiger partial charge in [0.15, 0.2) is 5.11 Å². The Kier molecular flexibility index (Phi) is 8.25. The number of carbonyl (C=O) groups excluding carboxylic acids is 1. The Morgan fingerprint density at radius 2 is 1.69 bits per heavy atom. The second-order valence-corrected chi connectivity index (χ2v) is 9.66. The van der Waals surface area contributed by atoms with Crippen molar-refractivity contribution in [2.75, 3.05) is 5.32 Å². The minimum atomic E-state index is -4.51. The smallest absolute Gasteiger partial charge is 0.339 e. The third kappa shape index (κ3) is 7.63. The zero-order valence-corrected chi connectivity index (χ0v) is 19.4. The van der Waals surface area contributed by atoms with Gasteiger partial charge >= 0.3 is 6.18 Å². The molecule has 0 fully saturated rings. The SMILES string of the molecule is O=C(N[C@@H](NC(=S)Nc1cccc(C(F)(F)F)c1)C(Cl)(Cl)Cl)c1cccc(I)c1. The van der Waals surface area contributed by atoms with E-state index < -0.39 is 27.6 Å². The maximum Gasteiger partial charge on any atom is 0.416 e. The maximum atomic E-state index is 12.8. The van der Waals surface area contributed by atoms with Crippen LogP contribution in [0.15, 0.2) is 48.5 Å². The molecule has 0 aliphatic carbocycles. The monoisotopic (exact) mass is 595 g/mol. The van der Waals surface area contributed by atoms with E-state index in [2.05, 4.69) is 16.0 Å². The van der Waals surface area contributed by atoms with Crippen LogP contribution in [0.4, 0.5) is 18.9 Å². The van der Waals surface area contributed by atoms with E-state index in [4.69, 9.17) is 47.0 Å². The summed E-state index contributed by atoms with van der Waals surface area (Å²) < 4.78 is 37.3. The zero-order chi connectivity index (χ0) is 21.8. The summed E-state index contributed by atoms with van der Waals surface area (Å²) in [4.78, 5) is 12.4. The Labute approximate surface area is 198 Å². The first-order chi connectivity index (χ1) is 13.4. The fraction of sp³-hybridized carbons (Fsp3) is 0.176. The summed E-state index contributed by atoms with van der Waals surface area (Å²) in [5.74, 6) is -0.533. The van der Waals surface area contributed by atoms with Gasteiger partial charge in [-0.15, -0.1) is 0 Å². The largest absolute Gasteiger partial charge is 0.416 e. The molecule has 0 aliphatic rings. The van der Waals surface area contributed by atoms with Crippen molar-refractivity contribution in [1.29, 1.82) is 0 Å². The highest BCUT2D eigenvalue weighted by Gasteiger charge is 2.35. The Morgan fingerprint density at radius 3 is 2.28 bits per heavy atom. The molecule has 12 heteroatoms.